The first-order valence-corrected chi connectivity index (χ1v) is 7.69. The first kappa shape index (κ1) is 14.5. The molecule has 0 saturated carbocycles. The van der Waals surface area contributed by atoms with Crippen molar-refractivity contribution in [1.82, 2.24) is 4.98 Å². The van der Waals surface area contributed by atoms with Crippen LogP contribution in [0.1, 0.15) is 4.88 Å². The molecule has 5 heteroatoms. The molecular weight excluding hydrogens is 299 g/mol. The highest BCUT2D eigenvalue weighted by molar-refractivity contribution is 7.09. The molecule has 0 unspecified atom stereocenters. The van der Waals surface area contributed by atoms with Crippen molar-refractivity contribution in [3.8, 4) is 5.75 Å². The smallest absolute Gasteiger partial charge is 0.167 e. The van der Waals surface area contributed by atoms with Crippen LogP contribution in [0.2, 0.25) is 0 Å². The maximum atomic E-state index is 14.0. The minimum atomic E-state index is -0.370. The maximum absolute atomic E-state index is 14.0. The number of thiazole rings is 1. The van der Waals surface area contributed by atoms with E-state index in [1.807, 2.05) is 42.6 Å². The lowest BCUT2D eigenvalue weighted by molar-refractivity contribution is 0.386. The number of methoxy groups -OCH3 is 1. The van der Waals surface area contributed by atoms with E-state index in [0.717, 1.165) is 16.3 Å². The average molecular weight is 314 g/mol. The largest absolute Gasteiger partial charge is 0.494 e. The second-order valence-electron chi connectivity index (χ2n) is 4.71. The summed E-state index contributed by atoms with van der Waals surface area (Å²) in [5.41, 5.74) is 3.57. The minimum Gasteiger partial charge on any atom is -0.494 e. The van der Waals surface area contributed by atoms with Crippen molar-refractivity contribution in [2.75, 3.05) is 12.0 Å². The lowest BCUT2D eigenvalue weighted by atomic mass is 10.2. The molecule has 0 spiro atoms. The van der Waals surface area contributed by atoms with Crippen molar-refractivity contribution in [2.24, 2.45) is 0 Å². The Kier molecular flexibility index (Phi) is 4.34. The van der Waals surface area contributed by atoms with Crippen molar-refractivity contribution in [1.29, 1.82) is 0 Å². The summed E-state index contributed by atoms with van der Waals surface area (Å²) in [6.45, 7) is 0.639. The van der Waals surface area contributed by atoms with Gasteiger partial charge >= 0.3 is 0 Å². The molecule has 112 valence electrons. The minimum absolute atomic E-state index is 0.245. The van der Waals surface area contributed by atoms with Gasteiger partial charge in [0.15, 0.2) is 11.6 Å². The predicted molar refractivity (Wildman–Crippen MR) is 87.4 cm³/mol. The second-order valence-corrected chi connectivity index (χ2v) is 5.68. The van der Waals surface area contributed by atoms with E-state index in [0.29, 0.717) is 6.54 Å². The summed E-state index contributed by atoms with van der Waals surface area (Å²) in [6.07, 6.45) is 1.83. The lowest BCUT2D eigenvalue weighted by Gasteiger charge is -2.24. The van der Waals surface area contributed by atoms with Gasteiger partial charge in [-0.2, -0.15) is 0 Å². The highest BCUT2D eigenvalue weighted by atomic mass is 32.1. The Morgan fingerprint density at radius 2 is 1.95 bits per heavy atom. The summed E-state index contributed by atoms with van der Waals surface area (Å²) in [4.78, 5) is 7.27. The molecule has 3 rings (SSSR count). The van der Waals surface area contributed by atoms with Gasteiger partial charge < -0.3 is 9.64 Å². The van der Waals surface area contributed by atoms with Gasteiger partial charge in [-0.15, -0.1) is 11.3 Å². The fraction of sp³-hybridized carbons (Fsp3) is 0.118. The number of rotatable bonds is 5. The second kappa shape index (κ2) is 6.58. The molecule has 0 saturated heterocycles. The van der Waals surface area contributed by atoms with Gasteiger partial charge in [-0.1, -0.05) is 18.2 Å². The number of para-hydroxylation sites is 1. The van der Waals surface area contributed by atoms with Crippen LogP contribution in [0.3, 0.4) is 0 Å². The summed E-state index contributed by atoms with van der Waals surface area (Å²) in [6, 6.07) is 14.9. The van der Waals surface area contributed by atoms with Crippen molar-refractivity contribution in [3.63, 3.8) is 0 Å². The molecule has 0 aliphatic heterocycles. The summed E-state index contributed by atoms with van der Waals surface area (Å²) in [5, 5.41) is 0. The zero-order valence-corrected chi connectivity index (χ0v) is 12.9. The Morgan fingerprint density at radius 3 is 2.59 bits per heavy atom. The molecule has 1 heterocycles. The molecule has 0 atom stereocenters. The molecule has 0 N–H and O–H groups in total. The Hall–Kier alpha value is -2.40. The number of anilines is 2. The third-order valence-electron chi connectivity index (χ3n) is 3.31. The van der Waals surface area contributed by atoms with Crippen LogP contribution in [-0.4, -0.2) is 12.1 Å². The van der Waals surface area contributed by atoms with Crippen LogP contribution < -0.4 is 9.64 Å². The Bertz CT molecular complexity index is 732. The fourth-order valence-electron chi connectivity index (χ4n) is 2.24. The van der Waals surface area contributed by atoms with Crippen LogP contribution in [-0.2, 0) is 6.54 Å². The van der Waals surface area contributed by atoms with Gasteiger partial charge in [0.1, 0.15) is 0 Å². The number of ether oxygens (including phenoxy) is 1. The standard InChI is InChI=1S/C17H15FN2OS/c1-21-17-8-7-14(9-16(17)18)20(11-15-10-19-12-22-15)13-5-3-2-4-6-13/h2-10,12H,11H2,1H3. The summed E-state index contributed by atoms with van der Waals surface area (Å²) in [5.74, 6) is -0.125. The molecule has 1 aromatic heterocycles. The lowest BCUT2D eigenvalue weighted by Crippen LogP contribution is -2.15. The van der Waals surface area contributed by atoms with Gasteiger partial charge in [0.2, 0.25) is 0 Å². The molecular formula is C17H15FN2OS. The summed E-state index contributed by atoms with van der Waals surface area (Å²) < 4.78 is 19.0. The van der Waals surface area contributed by atoms with E-state index in [1.165, 1.54) is 13.2 Å². The molecule has 0 amide bonds. The number of halogens is 1. The summed E-state index contributed by atoms with van der Waals surface area (Å²) in [7, 11) is 1.46. The monoisotopic (exact) mass is 314 g/mol. The number of nitrogens with zero attached hydrogens (tertiary/aromatic N) is 2. The van der Waals surface area contributed by atoms with E-state index in [9.17, 15) is 4.39 Å². The Balaban J connectivity index is 1.99. The molecule has 3 aromatic rings. The van der Waals surface area contributed by atoms with Gasteiger partial charge in [0.25, 0.3) is 0 Å². The van der Waals surface area contributed by atoms with Crippen LogP contribution >= 0.6 is 11.3 Å². The van der Waals surface area contributed by atoms with E-state index in [4.69, 9.17) is 4.74 Å². The molecule has 0 fully saturated rings. The van der Waals surface area contributed by atoms with Crippen LogP contribution in [0.5, 0.6) is 5.75 Å². The highest BCUT2D eigenvalue weighted by Crippen LogP contribution is 2.31. The fourth-order valence-corrected chi connectivity index (χ4v) is 2.82. The van der Waals surface area contributed by atoms with Crippen LogP contribution in [0.15, 0.2) is 60.2 Å². The van der Waals surface area contributed by atoms with E-state index in [1.54, 1.807) is 22.9 Å². The molecule has 2 aromatic carbocycles. The third kappa shape index (κ3) is 3.09. The van der Waals surface area contributed by atoms with Gasteiger partial charge in [0, 0.05) is 28.5 Å². The van der Waals surface area contributed by atoms with Crippen molar-refractivity contribution in [3.05, 3.63) is 70.9 Å². The molecule has 22 heavy (non-hydrogen) atoms. The molecule has 0 bridgehead atoms. The third-order valence-corrected chi connectivity index (χ3v) is 4.08. The Labute approximate surface area is 132 Å². The van der Waals surface area contributed by atoms with Crippen molar-refractivity contribution < 1.29 is 9.13 Å². The van der Waals surface area contributed by atoms with E-state index in [2.05, 4.69) is 9.88 Å². The van der Waals surface area contributed by atoms with Gasteiger partial charge in [-0.05, 0) is 24.3 Å². The quantitative estimate of drug-likeness (QED) is 0.686. The number of benzene rings is 2. The highest BCUT2D eigenvalue weighted by Gasteiger charge is 2.13. The topological polar surface area (TPSA) is 25.4 Å². The maximum Gasteiger partial charge on any atom is 0.167 e. The number of hydrogen-bond acceptors (Lipinski definition) is 4. The normalized spacial score (nSPS) is 10.5. The van der Waals surface area contributed by atoms with Gasteiger partial charge in [-0.3, -0.25) is 4.98 Å². The molecule has 0 aliphatic rings. The SMILES string of the molecule is COc1ccc(N(Cc2cncs2)c2ccccc2)cc1F. The number of hydrogen-bond donors (Lipinski definition) is 0. The first-order valence-electron chi connectivity index (χ1n) is 6.81. The van der Waals surface area contributed by atoms with E-state index >= 15 is 0 Å². The summed E-state index contributed by atoms with van der Waals surface area (Å²) >= 11 is 1.58. The zero-order valence-electron chi connectivity index (χ0n) is 12.1. The zero-order chi connectivity index (χ0) is 15.4. The first-order chi connectivity index (χ1) is 10.8. The Morgan fingerprint density at radius 1 is 1.14 bits per heavy atom. The molecule has 3 nitrogen and oxygen atoms in total. The van der Waals surface area contributed by atoms with E-state index in [-0.39, 0.29) is 11.6 Å². The van der Waals surface area contributed by atoms with E-state index < -0.39 is 0 Å². The predicted octanol–water partition coefficient (Wildman–Crippen LogP) is 4.63. The van der Waals surface area contributed by atoms with Gasteiger partial charge in [0.05, 0.1) is 19.2 Å². The van der Waals surface area contributed by atoms with Gasteiger partial charge in [-0.25, -0.2) is 4.39 Å². The average Bonchev–Trinajstić information content (AvgIpc) is 3.06. The molecule has 0 radical (unpaired) electrons. The van der Waals surface area contributed by atoms with Crippen molar-refractivity contribution >= 4 is 22.7 Å². The van der Waals surface area contributed by atoms with Crippen LogP contribution in [0, 0.1) is 5.82 Å². The van der Waals surface area contributed by atoms with Crippen LogP contribution in [0.25, 0.3) is 0 Å². The van der Waals surface area contributed by atoms with Crippen LogP contribution in [0.4, 0.5) is 15.8 Å². The molecule has 0 aliphatic carbocycles. The van der Waals surface area contributed by atoms with Crippen molar-refractivity contribution in [2.45, 2.75) is 6.54 Å². The number of aromatic nitrogens is 1.